The fourth-order valence-corrected chi connectivity index (χ4v) is 4.78. The number of aromatic nitrogens is 1. The molecule has 2 rings (SSSR count). The van der Waals surface area contributed by atoms with Crippen molar-refractivity contribution < 1.29 is 19.5 Å². The lowest BCUT2D eigenvalue weighted by atomic mass is 10.1. The van der Waals surface area contributed by atoms with Crippen LogP contribution in [-0.2, 0) is 14.4 Å². The van der Waals surface area contributed by atoms with E-state index in [0.717, 1.165) is 22.8 Å². The van der Waals surface area contributed by atoms with Crippen LogP contribution in [0.4, 0.5) is 0 Å². The molecule has 2 amide bonds. The van der Waals surface area contributed by atoms with Gasteiger partial charge in [-0.3, -0.25) is 14.5 Å². The summed E-state index contributed by atoms with van der Waals surface area (Å²) in [5.41, 5.74) is 0. The van der Waals surface area contributed by atoms with Crippen molar-refractivity contribution in [2.75, 3.05) is 0 Å². The van der Waals surface area contributed by atoms with Crippen LogP contribution in [0.25, 0.3) is 0 Å². The molecule has 2 heterocycles. The number of nitrogens with zero attached hydrogens (tertiary/aromatic N) is 2. The summed E-state index contributed by atoms with van der Waals surface area (Å²) in [5, 5.41) is 12.6. The van der Waals surface area contributed by atoms with Crippen LogP contribution in [0, 0.1) is 0 Å². The Labute approximate surface area is 155 Å². The molecule has 1 saturated heterocycles. The highest BCUT2D eigenvalue weighted by Crippen LogP contribution is 2.34. The summed E-state index contributed by atoms with van der Waals surface area (Å²) in [6.45, 7) is 2.12. The van der Waals surface area contributed by atoms with E-state index in [2.05, 4.69) is 11.9 Å². The SMILES string of the molecule is CC(CCCCC(C(=O)[O-])N1C(=O)CCC1=O)SSc1ccccn1. The molecule has 2 unspecified atom stereocenters. The van der Waals surface area contributed by atoms with E-state index in [4.69, 9.17) is 0 Å². The number of likely N-dealkylation sites (tertiary alicyclic amines) is 1. The monoisotopic (exact) mass is 381 g/mol. The predicted molar refractivity (Wildman–Crippen MR) is 95.5 cm³/mol. The molecular formula is C17H21N2O4S2-. The van der Waals surface area contributed by atoms with Crippen LogP contribution in [0.3, 0.4) is 0 Å². The zero-order chi connectivity index (χ0) is 18.2. The molecule has 1 aromatic rings. The maximum atomic E-state index is 11.7. The minimum Gasteiger partial charge on any atom is -0.548 e. The van der Waals surface area contributed by atoms with E-state index >= 15 is 0 Å². The third-order valence-corrected chi connectivity index (χ3v) is 6.81. The Morgan fingerprint density at radius 3 is 2.52 bits per heavy atom. The second kappa shape index (κ2) is 9.82. The minimum atomic E-state index is -1.35. The zero-order valence-electron chi connectivity index (χ0n) is 14.1. The molecule has 136 valence electrons. The molecule has 0 saturated carbocycles. The van der Waals surface area contributed by atoms with Gasteiger partial charge in [-0.05, 0) is 35.8 Å². The van der Waals surface area contributed by atoms with Gasteiger partial charge >= 0.3 is 0 Å². The summed E-state index contributed by atoms with van der Waals surface area (Å²) in [5.74, 6) is -2.17. The highest BCUT2D eigenvalue weighted by molar-refractivity contribution is 8.76. The van der Waals surface area contributed by atoms with Gasteiger partial charge in [0.15, 0.2) is 0 Å². The molecule has 0 aromatic carbocycles. The number of carboxylic acids is 1. The molecule has 6 nitrogen and oxygen atoms in total. The Morgan fingerprint density at radius 2 is 1.92 bits per heavy atom. The molecule has 2 atom stereocenters. The van der Waals surface area contributed by atoms with Gasteiger partial charge in [0.2, 0.25) is 11.8 Å². The van der Waals surface area contributed by atoms with Gasteiger partial charge in [-0.15, -0.1) is 0 Å². The normalized spacial score (nSPS) is 16.9. The van der Waals surface area contributed by atoms with Gasteiger partial charge in [-0.25, -0.2) is 4.98 Å². The maximum Gasteiger partial charge on any atom is 0.230 e. The number of pyridine rings is 1. The van der Waals surface area contributed by atoms with Crippen LogP contribution in [0.5, 0.6) is 0 Å². The van der Waals surface area contributed by atoms with Crippen LogP contribution < -0.4 is 5.11 Å². The molecule has 1 fully saturated rings. The fourth-order valence-electron chi connectivity index (χ4n) is 2.64. The average molecular weight is 381 g/mol. The fraction of sp³-hybridized carbons (Fsp3) is 0.529. The first-order valence-electron chi connectivity index (χ1n) is 8.29. The van der Waals surface area contributed by atoms with Gasteiger partial charge < -0.3 is 9.90 Å². The van der Waals surface area contributed by atoms with Gasteiger partial charge in [0, 0.05) is 24.3 Å². The lowest BCUT2D eigenvalue weighted by Crippen LogP contribution is -2.50. The molecule has 1 aliphatic rings. The minimum absolute atomic E-state index is 0.0982. The lowest BCUT2D eigenvalue weighted by molar-refractivity contribution is -0.311. The summed E-state index contributed by atoms with van der Waals surface area (Å²) in [6, 6.07) is 4.65. The zero-order valence-corrected chi connectivity index (χ0v) is 15.7. The summed E-state index contributed by atoms with van der Waals surface area (Å²) < 4.78 is 0. The van der Waals surface area contributed by atoms with E-state index in [1.54, 1.807) is 27.8 Å². The van der Waals surface area contributed by atoms with Crippen molar-refractivity contribution in [2.45, 2.75) is 61.8 Å². The van der Waals surface area contributed by atoms with Crippen LogP contribution in [0.15, 0.2) is 29.4 Å². The lowest BCUT2D eigenvalue weighted by Gasteiger charge is -2.27. The number of imide groups is 1. The standard InChI is InChI=1S/C17H22N2O4S2/c1-12(24-25-14-8-4-5-11-18-14)6-2-3-7-13(17(22)23)19-15(20)9-10-16(19)21/h4-5,8,11-13H,2-3,6-7,9-10H2,1H3,(H,22,23)/p-1. The van der Waals surface area contributed by atoms with Gasteiger partial charge in [0.25, 0.3) is 0 Å². The second-order valence-electron chi connectivity index (χ2n) is 5.93. The van der Waals surface area contributed by atoms with E-state index in [-0.39, 0.29) is 19.3 Å². The van der Waals surface area contributed by atoms with E-state index in [1.165, 1.54) is 0 Å². The van der Waals surface area contributed by atoms with E-state index in [1.807, 2.05) is 18.2 Å². The number of unbranched alkanes of at least 4 members (excludes halogenated alkanes) is 1. The predicted octanol–water partition coefficient (Wildman–Crippen LogP) is 2.04. The van der Waals surface area contributed by atoms with E-state index in [0.29, 0.717) is 11.7 Å². The Morgan fingerprint density at radius 1 is 1.24 bits per heavy atom. The molecule has 0 radical (unpaired) electrons. The molecule has 0 aliphatic carbocycles. The quantitative estimate of drug-likeness (QED) is 0.348. The number of hydrogen-bond donors (Lipinski definition) is 0. The Bertz CT molecular complexity index is 596. The topological polar surface area (TPSA) is 90.4 Å². The number of carboxylic acid groups (broad SMARTS) is 1. The first-order chi connectivity index (χ1) is 12.0. The third kappa shape index (κ3) is 6.04. The summed E-state index contributed by atoms with van der Waals surface area (Å²) in [7, 11) is 3.35. The molecular weight excluding hydrogens is 360 g/mol. The van der Waals surface area contributed by atoms with Crippen molar-refractivity contribution in [1.29, 1.82) is 0 Å². The number of amides is 2. The van der Waals surface area contributed by atoms with Gasteiger partial charge in [0.05, 0.1) is 12.0 Å². The van der Waals surface area contributed by atoms with Crippen LogP contribution in [-0.4, -0.2) is 39.0 Å². The number of carbonyl (C=O) groups excluding carboxylic acids is 3. The molecule has 1 aliphatic heterocycles. The second-order valence-corrected chi connectivity index (χ2v) is 8.59. The summed E-state index contributed by atoms with van der Waals surface area (Å²) in [6.07, 6.45) is 4.60. The van der Waals surface area contributed by atoms with Crippen molar-refractivity contribution in [3.63, 3.8) is 0 Å². The molecule has 8 heteroatoms. The van der Waals surface area contributed by atoms with Crippen molar-refractivity contribution in [3.8, 4) is 0 Å². The smallest absolute Gasteiger partial charge is 0.230 e. The summed E-state index contributed by atoms with van der Waals surface area (Å²) in [4.78, 5) is 39.8. The van der Waals surface area contributed by atoms with E-state index in [9.17, 15) is 19.5 Å². The first-order valence-corrected chi connectivity index (χ1v) is 10.5. The number of aliphatic carboxylic acids is 1. The highest BCUT2D eigenvalue weighted by atomic mass is 33.1. The van der Waals surface area contributed by atoms with Crippen LogP contribution >= 0.6 is 21.6 Å². The molecule has 25 heavy (non-hydrogen) atoms. The van der Waals surface area contributed by atoms with Crippen molar-refractivity contribution in [2.24, 2.45) is 0 Å². The largest absolute Gasteiger partial charge is 0.548 e. The summed E-state index contributed by atoms with van der Waals surface area (Å²) >= 11 is 0. The van der Waals surface area contributed by atoms with Gasteiger partial charge in [-0.1, -0.05) is 36.6 Å². The van der Waals surface area contributed by atoms with Gasteiger partial charge in [-0.2, -0.15) is 0 Å². The number of carbonyl (C=O) groups is 3. The molecule has 0 spiro atoms. The first kappa shape index (κ1) is 19.8. The molecule has 0 N–H and O–H groups in total. The van der Waals surface area contributed by atoms with E-state index < -0.39 is 23.8 Å². The van der Waals surface area contributed by atoms with Crippen molar-refractivity contribution in [3.05, 3.63) is 24.4 Å². The average Bonchev–Trinajstić information content (AvgIpc) is 2.92. The van der Waals surface area contributed by atoms with Crippen molar-refractivity contribution in [1.82, 2.24) is 9.88 Å². The number of hydrogen-bond acceptors (Lipinski definition) is 7. The van der Waals surface area contributed by atoms with Gasteiger partial charge in [0.1, 0.15) is 5.03 Å². The third-order valence-electron chi connectivity index (χ3n) is 3.95. The molecule has 1 aromatic heterocycles. The van der Waals surface area contributed by atoms with Crippen LogP contribution in [0.1, 0.15) is 45.4 Å². The van der Waals surface area contributed by atoms with Crippen LogP contribution in [0.2, 0.25) is 0 Å². The Hall–Kier alpha value is -1.54. The highest BCUT2D eigenvalue weighted by Gasteiger charge is 2.35. The Kier molecular flexibility index (Phi) is 7.77. The molecule has 0 bridgehead atoms. The Balaban J connectivity index is 1.70. The number of rotatable bonds is 10. The van der Waals surface area contributed by atoms with Crippen molar-refractivity contribution >= 4 is 39.4 Å². The maximum absolute atomic E-state index is 11.7.